The van der Waals surface area contributed by atoms with Crippen LogP contribution in [-0.2, 0) is 4.79 Å². The monoisotopic (exact) mass is 204 g/mol. The number of carboxylic acid groups (broad SMARTS) is 1. The molecule has 0 rings (SSSR count). The quantitative estimate of drug-likeness (QED) is 0.578. The lowest BCUT2D eigenvalue weighted by Crippen LogP contribution is -2.20. The van der Waals surface area contributed by atoms with Gasteiger partial charge in [-0.2, -0.15) is 0 Å². The van der Waals surface area contributed by atoms with Gasteiger partial charge in [0.25, 0.3) is 0 Å². The third kappa shape index (κ3) is 8.01. The highest BCUT2D eigenvalue weighted by molar-refractivity contribution is 5.67. The second-order valence-electron chi connectivity index (χ2n) is 4.11. The Hall–Kier alpha value is -0.610. The van der Waals surface area contributed by atoms with Gasteiger partial charge in [-0.25, -0.2) is 0 Å². The lowest BCUT2D eigenvalue weighted by molar-refractivity contribution is -0.139. The number of carboxylic acids is 1. The molecule has 14 heavy (non-hydrogen) atoms. The van der Waals surface area contributed by atoms with Gasteiger partial charge in [-0.1, -0.05) is 13.8 Å². The standard InChI is InChI=1S/C10H20O4/c1-7(2)3-4-8(11)5-9(12)6-10(13)14/h7-9,11-12H,3-6H2,1-2H3,(H,13,14)/t8-,9-/m1/s1. The fourth-order valence-electron chi connectivity index (χ4n) is 1.24. The molecule has 0 spiro atoms. The van der Waals surface area contributed by atoms with Gasteiger partial charge in [0.15, 0.2) is 0 Å². The minimum absolute atomic E-state index is 0.152. The van der Waals surface area contributed by atoms with Crippen LogP contribution in [0.3, 0.4) is 0 Å². The summed E-state index contributed by atoms with van der Waals surface area (Å²) in [5.41, 5.74) is 0. The molecule has 0 saturated heterocycles. The maximum Gasteiger partial charge on any atom is 0.305 e. The zero-order chi connectivity index (χ0) is 11.1. The zero-order valence-electron chi connectivity index (χ0n) is 8.81. The predicted octanol–water partition coefficient (Wildman–Crippen LogP) is 1.01. The van der Waals surface area contributed by atoms with E-state index in [9.17, 15) is 15.0 Å². The van der Waals surface area contributed by atoms with Gasteiger partial charge in [0.1, 0.15) is 0 Å². The van der Waals surface area contributed by atoms with E-state index in [0.29, 0.717) is 12.3 Å². The summed E-state index contributed by atoms with van der Waals surface area (Å²) in [5, 5.41) is 27.0. The molecule has 0 aliphatic carbocycles. The van der Waals surface area contributed by atoms with Gasteiger partial charge in [0.2, 0.25) is 0 Å². The highest BCUT2D eigenvalue weighted by atomic mass is 16.4. The van der Waals surface area contributed by atoms with Crippen molar-refractivity contribution in [3.05, 3.63) is 0 Å². The predicted molar refractivity (Wildman–Crippen MR) is 53.0 cm³/mol. The Morgan fingerprint density at radius 3 is 2.14 bits per heavy atom. The Kier molecular flexibility index (Phi) is 6.49. The van der Waals surface area contributed by atoms with Crippen LogP contribution in [-0.4, -0.2) is 33.5 Å². The molecule has 0 amide bonds. The first-order valence-electron chi connectivity index (χ1n) is 4.99. The minimum atomic E-state index is -1.03. The molecule has 0 fully saturated rings. The Morgan fingerprint density at radius 1 is 1.14 bits per heavy atom. The first-order valence-corrected chi connectivity index (χ1v) is 4.99. The van der Waals surface area contributed by atoms with Crippen LogP contribution in [0.4, 0.5) is 0 Å². The molecule has 0 aromatic carbocycles. The van der Waals surface area contributed by atoms with Crippen molar-refractivity contribution in [2.45, 2.75) is 51.7 Å². The molecule has 2 atom stereocenters. The molecule has 0 saturated carbocycles. The Morgan fingerprint density at radius 2 is 1.71 bits per heavy atom. The third-order valence-corrected chi connectivity index (χ3v) is 2.03. The van der Waals surface area contributed by atoms with Crippen LogP contribution in [0.2, 0.25) is 0 Å². The Labute approximate surface area is 84.6 Å². The fourth-order valence-corrected chi connectivity index (χ4v) is 1.24. The number of aliphatic hydroxyl groups excluding tert-OH is 2. The SMILES string of the molecule is CC(C)CC[C@@H](O)C[C@@H](O)CC(=O)O. The number of carbonyl (C=O) groups is 1. The summed E-state index contributed by atoms with van der Waals surface area (Å²) in [4.78, 5) is 10.2. The van der Waals surface area contributed by atoms with Crippen molar-refractivity contribution in [1.29, 1.82) is 0 Å². The molecule has 3 N–H and O–H groups in total. The maximum absolute atomic E-state index is 10.2. The summed E-state index contributed by atoms with van der Waals surface area (Å²) < 4.78 is 0. The molecule has 4 nitrogen and oxygen atoms in total. The molecule has 0 radical (unpaired) electrons. The van der Waals surface area contributed by atoms with E-state index in [1.165, 1.54) is 0 Å². The first-order chi connectivity index (χ1) is 6.41. The Bertz CT molecular complexity index is 168. The van der Waals surface area contributed by atoms with E-state index >= 15 is 0 Å². The van der Waals surface area contributed by atoms with Gasteiger partial charge in [-0.3, -0.25) is 4.79 Å². The van der Waals surface area contributed by atoms with E-state index in [1.807, 2.05) is 0 Å². The summed E-state index contributed by atoms with van der Waals surface area (Å²) >= 11 is 0. The molecule has 84 valence electrons. The molecular weight excluding hydrogens is 184 g/mol. The normalized spacial score (nSPS) is 15.5. The van der Waals surface area contributed by atoms with Crippen molar-refractivity contribution in [3.63, 3.8) is 0 Å². The highest BCUT2D eigenvalue weighted by Crippen LogP contribution is 2.11. The van der Waals surface area contributed by atoms with Crippen LogP contribution >= 0.6 is 0 Å². The van der Waals surface area contributed by atoms with Crippen molar-refractivity contribution < 1.29 is 20.1 Å². The molecule has 0 aliphatic rings. The number of rotatable bonds is 7. The van der Waals surface area contributed by atoms with E-state index in [1.54, 1.807) is 0 Å². The molecule has 0 aromatic rings. The Balaban J connectivity index is 3.59. The second-order valence-corrected chi connectivity index (χ2v) is 4.11. The van der Waals surface area contributed by atoms with E-state index in [0.717, 1.165) is 6.42 Å². The summed E-state index contributed by atoms with van der Waals surface area (Å²) in [6, 6.07) is 0. The van der Waals surface area contributed by atoms with Crippen LogP contribution in [0.25, 0.3) is 0 Å². The lowest BCUT2D eigenvalue weighted by atomic mass is 10.0. The van der Waals surface area contributed by atoms with Crippen LogP contribution < -0.4 is 0 Å². The molecular formula is C10H20O4. The van der Waals surface area contributed by atoms with E-state index < -0.39 is 18.2 Å². The zero-order valence-corrected chi connectivity index (χ0v) is 8.81. The molecule has 0 aromatic heterocycles. The summed E-state index contributed by atoms with van der Waals surface area (Å²) in [6.45, 7) is 4.11. The van der Waals surface area contributed by atoms with Crippen molar-refractivity contribution in [1.82, 2.24) is 0 Å². The minimum Gasteiger partial charge on any atom is -0.481 e. The highest BCUT2D eigenvalue weighted by Gasteiger charge is 2.15. The number of hydrogen-bond donors (Lipinski definition) is 3. The molecule has 0 unspecified atom stereocenters. The van der Waals surface area contributed by atoms with Crippen molar-refractivity contribution in [2.24, 2.45) is 5.92 Å². The summed E-state index contributed by atoms with van der Waals surface area (Å²) in [6.07, 6.45) is -0.158. The average Bonchev–Trinajstić information content (AvgIpc) is 1.98. The smallest absolute Gasteiger partial charge is 0.305 e. The van der Waals surface area contributed by atoms with Gasteiger partial charge in [0, 0.05) is 0 Å². The maximum atomic E-state index is 10.2. The molecule has 0 aliphatic heterocycles. The number of aliphatic hydroxyl groups is 2. The topological polar surface area (TPSA) is 77.8 Å². The van der Waals surface area contributed by atoms with Gasteiger partial charge in [-0.15, -0.1) is 0 Å². The van der Waals surface area contributed by atoms with E-state index in [2.05, 4.69) is 13.8 Å². The first kappa shape index (κ1) is 13.4. The number of aliphatic carboxylic acids is 1. The summed E-state index contributed by atoms with van der Waals surface area (Å²) in [7, 11) is 0. The van der Waals surface area contributed by atoms with Crippen LogP contribution in [0.1, 0.15) is 39.5 Å². The second kappa shape index (κ2) is 6.79. The molecule has 0 bridgehead atoms. The van der Waals surface area contributed by atoms with Gasteiger partial charge >= 0.3 is 5.97 Å². The van der Waals surface area contributed by atoms with Crippen molar-refractivity contribution in [3.8, 4) is 0 Å². The van der Waals surface area contributed by atoms with Crippen molar-refractivity contribution in [2.75, 3.05) is 0 Å². The summed E-state index contributed by atoms with van der Waals surface area (Å²) in [5.74, 6) is -0.519. The van der Waals surface area contributed by atoms with Gasteiger partial charge in [-0.05, 0) is 25.2 Å². The number of hydrogen-bond acceptors (Lipinski definition) is 3. The van der Waals surface area contributed by atoms with E-state index in [-0.39, 0.29) is 12.8 Å². The van der Waals surface area contributed by atoms with Crippen molar-refractivity contribution >= 4 is 5.97 Å². The molecule has 0 heterocycles. The fraction of sp³-hybridized carbons (Fsp3) is 0.900. The lowest BCUT2D eigenvalue weighted by Gasteiger charge is -2.14. The van der Waals surface area contributed by atoms with E-state index in [4.69, 9.17) is 5.11 Å². The van der Waals surface area contributed by atoms with Gasteiger partial charge < -0.3 is 15.3 Å². The van der Waals surface area contributed by atoms with Crippen LogP contribution in [0, 0.1) is 5.92 Å². The van der Waals surface area contributed by atoms with Gasteiger partial charge in [0.05, 0.1) is 18.6 Å². The third-order valence-electron chi connectivity index (χ3n) is 2.03. The average molecular weight is 204 g/mol. The molecule has 4 heteroatoms. The van der Waals surface area contributed by atoms with Crippen LogP contribution in [0.15, 0.2) is 0 Å². The largest absolute Gasteiger partial charge is 0.481 e. The van der Waals surface area contributed by atoms with Crippen LogP contribution in [0.5, 0.6) is 0 Å².